The first-order valence-corrected chi connectivity index (χ1v) is 4.16. The maximum atomic E-state index is 11.8. The number of rotatable bonds is 5. The van der Waals surface area contributed by atoms with E-state index in [1.54, 1.807) is 7.05 Å². The smallest absolute Gasteiger partial charge is 0.315 e. The molecule has 0 aliphatic carbocycles. The predicted octanol–water partition coefficient (Wildman–Crippen LogP) is 1.03. The van der Waals surface area contributed by atoms with Crippen LogP contribution in [-0.4, -0.2) is 30.2 Å². The van der Waals surface area contributed by atoms with Crippen LogP contribution in [0.3, 0.4) is 0 Å². The van der Waals surface area contributed by atoms with E-state index in [0.717, 1.165) is 0 Å². The molecule has 7 heteroatoms. The van der Waals surface area contributed by atoms with Gasteiger partial charge in [0.25, 0.3) is 6.43 Å². The minimum absolute atomic E-state index is 0.0161. The van der Waals surface area contributed by atoms with E-state index in [2.05, 4.69) is 20.8 Å². The summed E-state index contributed by atoms with van der Waals surface area (Å²) in [6.07, 6.45) is -2.44. The fraction of sp³-hybridized carbons (Fsp3) is 0.714. The van der Waals surface area contributed by atoms with Gasteiger partial charge in [-0.15, -0.1) is 5.10 Å². The van der Waals surface area contributed by atoms with Crippen molar-refractivity contribution < 1.29 is 13.2 Å². The first kappa shape index (κ1) is 10.8. The highest BCUT2D eigenvalue weighted by Crippen LogP contribution is 2.12. The number of anilines is 1. The van der Waals surface area contributed by atoms with Crippen molar-refractivity contribution in [2.45, 2.75) is 19.4 Å². The van der Waals surface area contributed by atoms with E-state index in [0.29, 0.717) is 5.89 Å². The van der Waals surface area contributed by atoms with Crippen LogP contribution in [0.2, 0.25) is 0 Å². The van der Waals surface area contributed by atoms with Crippen LogP contribution in [0.1, 0.15) is 18.9 Å². The van der Waals surface area contributed by atoms with Crippen LogP contribution >= 0.6 is 0 Å². The van der Waals surface area contributed by atoms with Gasteiger partial charge in [0.1, 0.15) is 0 Å². The third-order valence-corrected chi connectivity index (χ3v) is 1.65. The topological polar surface area (TPSA) is 63.0 Å². The maximum Gasteiger partial charge on any atom is 0.315 e. The number of alkyl halides is 2. The quantitative estimate of drug-likeness (QED) is 0.753. The second-order valence-corrected chi connectivity index (χ2v) is 2.73. The van der Waals surface area contributed by atoms with Crippen LogP contribution in [0.25, 0.3) is 0 Å². The Bertz CT molecular complexity index is 278. The summed E-state index contributed by atoms with van der Waals surface area (Å²) in [6.45, 7) is 1.33. The monoisotopic (exact) mass is 206 g/mol. The molecule has 0 amide bonds. The first-order valence-electron chi connectivity index (χ1n) is 4.16. The van der Waals surface area contributed by atoms with Crippen molar-refractivity contribution >= 4 is 6.01 Å². The van der Waals surface area contributed by atoms with Gasteiger partial charge in [-0.05, 0) is 14.0 Å². The molecule has 0 radical (unpaired) electrons. The molecule has 0 aromatic carbocycles. The minimum Gasteiger partial charge on any atom is -0.406 e. The molecule has 80 valence electrons. The third kappa shape index (κ3) is 2.91. The highest BCUT2D eigenvalue weighted by molar-refractivity contribution is 5.17. The Morgan fingerprint density at radius 3 is 2.71 bits per heavy atom. The van der Waals surface area contributed by atoms with Gasteiger partial charge in [0.15, 0.2) is 0 Å². The van der Waals surface area contributed by atoms with Crippen molar-refractivity contribution in [3.8, 4) is 0 Å². The van der Waals surface area contributed by atoms with E-state index >= 15 is 0 Å². The minimum atomic E-state index is -2.44. The molecule has 1 aromatic rings. The number of hydrogen-bond donors (Lipinski definition) is 2. The normalized spacial score (nSPS) is 13.2. The number of hydrogen-bond acceptors (Lipinski definition) is 5. The molecule has 1 unspecified atom stereocenters. The van der Waals surface area contributed by atoms with E-state index in [1.165, 1.54) is 0 Å². The Balaban J connectivity index is 2.50. The lowest BCUT2D eigenvalue weighted by molar-refractivity contribution is 0.162. The van der Waals surface area contributed by atoms with Gasteiger partial charge in [-0.2, -0.15) is 0 Å². The van der Waals surface area contributed by atoms with Gasteiger partial charge < -0.3 is 15.1 Å². The van der Waals surface area contributed by atoms with Crippen molar-refractivity contribution in [2.75, 3.05) is 18.9 Å². The molecule has 5 nitrogen and oxygen atoms in total. The van der Waals surface area contributed by atoms with Crippen molar-refractivity contribution in [1.29, 1.82) is 0 Å². The Kier molecular flexibility index (Phi) is 3.75. The van der Waals surface area contributed by atoms with Crippen LogP contribution in [0.5, 0.6) is 0 Å². The zero-order valence-electron chi connectivity index (χ0n) is 7.92. The lowest BCUT2D eigenvalue weighted by atomic mass is 10.3. The molecular weight excluding hydrogens is 194 g/mol. The van der Waals surface area contributed by atoms with Crippen LogP contribution < -0.4 is 10.6 Å². The van der Waals surface area contributed by atoms with Crippen molar-refractivity contribution in [2.24, 2.45) is 0 Å². The molecule has 0 bridgehead atoms. The Morgan fingerprint density at radius 1 is 1.43 bits per heavy atom. The molecule has 0 saturated carbocycles. The zero-order chi connectivity index (χ0) is 10.6. The fourth-order valence-electron chi connectivity index (χ4n) is 0.769. The van der Waals surface area contributed by atoms with Gasteiger partial charge in [0.2, 0.25) is 5.89 Å². The SMILES string of the molecule is CNC(C)c1nnc(NCC(F)F)o1. The predicted molar refractivity (Wildman–Crippen MR) is 46.3 cm³/mol. The van der Waals surface area contributed by atoms with Crippen LogP contribution in [-0.2, 0) is 0 Å². The molecule has 1 atom stereocenters. The first-order chi connectivity index (χ1) is 6.63. The standard InChI is InChI=1S/C7H12F2N4O/c1-4(10-2)6-12-13-7(14-6)11-3-5(8)9/h4-5,10H,3H2,1-2H3,(H,11,13). The summed E-state index contributed by atoms with van der Waals surface area (Å²) in [5, 5.41) is 12.4. The second kappa shape index (κ2) is 4.85. The van der Waals surface area contributed by atoms with Crippen molar-refractivity contribution in [3.05, 3.63) is 5.89 Å². The lowest BCUT2D eigenvalue weighted by Gasteiger charge is -2.02. The van der Waals surface area contributed by atoms with E-state index in [9.17, 15) is 8.78 Å². The van der Waals surface area contributed by atoms with Gasteiger partial charge in [0, 0.05) is 0 Å². The summed E-state index contributed by atoms with van der Waals surface area (Å²) in [7, 11) is 1.74. The van der Waals surface area contributed by atoms with Gasteiger partial charge in [-0.1, -0.05) is 5.10 Å². The highest BCUT2D eigenvalue weighted by atomic mass is 19.3. The number of nitrogens with one attached hydrogen (secondary N) is 2. The molecule has 2 N–H and O–H groups in total. The summed E-state index contributed by atoms with van der Waals surface area (Å²) in [5.74, 6) is 0.365. The lowest BCUT2D eigenvalue weighted by Crippen LogP contribution is -2.12. The summed E-state index contributed by atoms with van der Waals surface area (Å²) in [4.78, 5) is 0. The van der Waals surface area contributed by atoms with Crippen LogP contribution in [0.15, 0.2) is 4.42 Å². The van der Waals surface area contributed by atoms with Crippen LogP contribution in [0.4, 0.5) is 14.8 Å². The zero-order valence-corrected chi connectivity index (χ0v) is 7.92. The van der Waals surface area contributed by atoms with Crippen molar-refractivity contribution in [1.82, 2.24) is 15.5 Å². The molecule has 1 aromatic heterocycles. The number of aromatic nitrogens is 2. The van der Waals surface area contributed by atoms with Gasteiger partial charge in [-0.25, -0.2) is 8.78 Å². The molecule has 0 aliphatic heterocycles. The average Bonchev–Trinajstić information content (AvgIpc) is 2.62. The molecule has 1 heterocycles. The van der Waals surface area contributed by atoms with Crippen LogP contribution in [0, 0.1) is 0 Å². The summed E-state index contributed by atoms with van der Waals surface area (Å²) < 4.78 is 28.6. The van der Waals surface area contributed by atoms with Gasteiger partial charge >= 0.3 is 6.01 Å². The number of nitrogens with zero attached hydrogens (tertiary/aromatic N) is 2. The highest BCUT2D eigenvalue weighted by Gasteiger charge is 2.12. The van der Waals surface area contributed by atoms with E-state index in [1.807, 2.05) is 6.92 Å². The largest absolute Gasteiger partial charge is 0.406 e. The Morgan fingerprint density at radius 2 is 2.14 bits per heavy atom. The van der Waals surface area contributed by atoms with E-state index < -0.39 is 13.0 Å². The molecule has 1 rings (SSSR count). The second-order valence-electron chi connectivity index (χ2n) is 2.73. The molecule has 0 fully saturated rings. The summed E-state index contributed by atoms with van der Waals surface area (Å²) in [5.41, 5.74) is 0. The van der Waals surface area contributed by atoms with Crippen molar-refractivity contribution in [3.63, 3.8) is 0 Å². The molecule has 0 saturated heterocycles. The Hall–Kier alpha value is -1.24. The number of halogens is 2. The van der Waals surface area contributed by atoms with Gasteiger partial charge in [-0.3, -0.25) is 0 Å². The Labute approximate surface area is 79.9 Å². The molecule has 14 heavy (non-hydrogen) atoms. The van der Waals surface area contributed by atoms with E-state index in [4.69, 9.17) is 4.42 Å². The van der Waals surface area contributed by atoms with Gasteiger partial charge in [0.05, 0.1) is 12.6 Å². The molecule has 0 spiro atoms. The third-order valence-electron chi connectivity index (χ3n) is 1.65. The molecular formula is C7H12F2N4O. The van der Waals surface area contributed by atoms with E-state index in [-0.39, 0.29) is 12.1 Å². The summed E-state index contributed by atoms with van der Waals surface area (Å²) >= 11 is 0. The molecule has 0 aliphatic rings. The maximum absolute atomic E-state index is 11.8. The average molecular weight is 206 g/mol. The summed E-state index contributed by atoms with van der Waals surface area (Å²) in [6, 6.07) is -0.0769. The fourth-order valence-corrected chi connectivity index (χ4v) is 0.769.